The summed E-state index contributed by atoms with van der Waals surface area (Å²) in [6.45, 7) is 4.72. The van der Waals surface area contributed by atoms with Crippen molar-refractivity contribution in [1.29, 1.82) is 0 Å². The summed E-state index contributed by atoms with van der Waals surface area (Å²) in [5, 5.41) is 3.93. The van der Waals surface area contributed by atoms with Gasteiger partial charge >= 0.3 is 0 Å². The molecular weight excluding hydrogens is 236 g/mol. The van der Waals surface area contributed by atoms with E-state index < -0.39 is 0 Å². The van der Waals surface area contributed by atoms with Crippen LogP contribution in [0.1, 0.15) is 31.7 Å². The first kappa shape index (κ1) is 12.7. The van der Waals surface area contributed by atoms with Gasteiger partial charge in [-0.2, -0.15) is 0 Å². The molecule has 0 saturated heterocycles. The van der Waals surface area contributed by atoms with Crippen LogP contribution in [0.2, 0.25) is 5.02 Å². The largest absolute Gasteiger partial charge is 0.476 e. The average Bonchev–Trinajstić information content (AvgIpc) is 3.12. The minimum Gasteiger partial charge on any atom is -0.476 e. The molecule has 17 heavy (non-hydrogen) atoms. The third-order valence-electron chi connectivity index (χ3n) is 2.77. The minimum atomic E-state index is 0.567. The zero-order chi connectivity index (χ0) is 12.1. The molecule has 0 aromatic carbocycles. The highest BCUT2D eigenvalue weighted by molar-refractivity contribution is 6.31. The molecule has 1 aromatic heterocycles. The van der Waals surface area contributed by atoms with Crippen molar-refractivity contribution in [3.8, 4) is 5.88 Å². The lowest BCUT2D eigenvalue weighted by atomic mass is 10.3. The summed E-state index contributed by atoms with van der Waals surface area (Å²) in [5.41, 5.74) is 1.10. The van der Waals surface area contributed by atoms with Gasteiger partial charge in [-0.05, 0) is 43.4 Å². The van der Waals surface area contributed by atoms with Crippen LogP contribution in [0.5, 0.6) is 5.88 Å². The molecule has 0 unspecified atom stereocenters. The molecule has 1 N–H and O–H groups in total. The normalized spacial score (nSPS) is 14.9. The van der Waals surface area contributed by atoms with Crippen molar-refractivity contribution >= 4 is 11.6 Å². The van der Waals surface area contributed by atoms with E-state index in [-0.39, 0.29) is 0 Å². The number of hydrogen-bond donors (Lipinski definition) is 1. The molecule has 0 atom stereocenters. The maximum absolute atomic E-state index is 6.13. The first-order chi connectivity index (χ1) is 8.29. The highest BCUT2D eigenvalue weighted by Gasteiger charge is 2.22. The molecule has 1 aromatic rings. The van der Waals surface area contributed by atoms with Crippen LogP contribution in [0.4, 0.5) is 0 Å². The fourth-order valence-electron chi connectivity index (χ4n) is 1.56. The summed E-state index contributed by atoms with van der Waals surface area (Å²) < 4.78 is 5.58. The molecular formula is C13H19ClN2O. The first-order valence-electron chi connectivity index (χ1n) is 6.27. The number of nitrogens with zero attached hydrogens (tertiary/aromatic N) is 1. The quantitative estimate of drug-likeness (QED) is 0.760. The lowest BCUT2D eigenvalue weighted by molar-refractivity contribution is 0.288. The maximum atomic E-state index is 6.13. The van der Waals surface area contributed by atoms with Gasteiger partial charge < -0.3 is 10.1 Å². The number of halogens is 1. The Morgan fingerprint density at radius 2 is 2.35 bits per heavy atom. The van der Waals surface area contributed by atoms with Crippen molar-refractivity contribution < 1.29 is 4.74 Å². The monoisotopic (exact) mass is 254 g/mol. The van der Waals surface area contributed by atoms with Gasteiger partial charge in [0.2, 0.25) is 5.88 Å². The van der Waals surface area contributed by atoms with Crippen molar-refractivity contribution in [3.63, 3.8) is 0 Å². The van der Waals surface area contributed by atoms with Crippen LogP contribution in [-0.4, -0.2) is 18.1 Å². The zero-order valence-electron chi connectivity index (χ0n) is 10.2. The molecule has 1 heterocycles. The summed E-state index contributed by atoms with van der Waals surface area (Å²) in [6, 6.07) is 1.93. The van der Waals surface area contributed by atoms with E-state index in [1.165, 1.54) is 12.8 Å². The molecule has 0 spiro atoms. The van der Waals surface area contributed by atoms with Crippen LogP contribution in [0.25, 0.3) is 0 Å². The molecule has 3 nitrogen and oxygen atoms in total. The molecule has 1 aliphatic carbocycles. The Kier molecular flexibility index (Phi) is 4.63. The van der Waals surface area contributed by atoms with E-state index in [0.29, 0.717) is 10.9 Å². The molecule has 1 saturated carbocycles. The molecule has 0 radical (unpaired) electrons. The third kappa shape index (κ3) is 4.17. The van der Waals surface area contributed by atoms with Gasteiger partial charge in [-0.3, -0.25) is 0 Å². The van der Waals surface area contributed by atoms with Gasteiger partial charge in [0.1, 0.15) is 5.02 Å². The fraction of sp³-hybridized carbons (Fsp3) is 0.615. The van der Waals surface area contributed by atoms with E-state index in [2.05, 4.69) is 17.2 Å². The van der Waals surface area contributed by atoms with Crippen LogP contribution in [0, 0.1) is 5.92 Å². The van der Waals surface area contributed by atoms with E-state index in [1.807, 2.05) is 12.3 Å². The van der Waals surface area contributed by atoms with Crippen molar-refractivity contribution in [1.82, 2.24) is 10.3 Å². The summed E-state index contributed by atoms with van der Waals surface area (Å²) in [5.74, 6) is 1.29. The zero-order valence-corrected chi connectivity index (χ0v) is 11.0. The first-order valence-corrected chi connectivity index (χ1v) is 6.65. The van der Waals surface area contributed by atoms with E-state index in [9.17, 15) is 0 Å². The summed E-state index contributed by atoms with van der Waals surface area (Å²) in [7, 11) is 0. The maximum Gasteiger partial charge on any atom is 0.232 e. The van der Waals surface area contributed by atoms with Gasteiger partial charge in [0.15, 0.2) is 0 Å². The SMILES string of the molecule is CCCNCc1cnc(OCC2CC2)c(Cl)c1. The second-order valence-electron chi connectivity index (χ2n) is 4.56. The Bertz CT molecular complexity index is 366. The van der Waals surface area contributed by atoms with Gasteiger partial charge in [0.05, 0.1) is 6.61 Å². The van der Waals surface area contributed by atoms with Crippen molar-refractivity contribution in [2.45, 2.75) is 32.7 Å². The number of hydrogen-bond acceptors (Lipinski definition) is 3. The Morgan fingerprint density at radius 3 is 3.00 bits per heavy atom. The number of pyridine rings is 1. The Balaban J connectivity index is 1.85. The van der Waals surface area contributed by atoms with Crippen LogP contribution >= 0.6 is 11.6 Å². The standard InChI is InChI=1S/C13H19ClN2O/c1-2-5-15-7-11-6-12(14)13(16-8-11)17-9-10-3-4-10/h6,8,10,15H,2-5,7,9H2,1H3. The number of aromatic nitrogens is 1. The second kappa shape index (κ2) is 6.22. The van der Waals surface area contributed by atoms with Gasteiger partial charge in [0, 0.05) is 12.7 Å². The number of nitrogens with one attached hydrogen (secondary N) is 1. The molecule has 1 fully saturated rings. The van der Waals surface area contributed by atoms with E-state index in [1.54, 1.807) is 0 Å². The Labute approximate surface area is 108 Å². The number of ether oxygens (including phenoxy) is 1. The highest BCUT2D eigenvalue weighted by atomic mass is 35.5. The highest BCUT2D eigenvalue weighted by Crippen LogP contribution is 2.30. The summed E-state index contributed by atoms with van der Waals surface area (Å²) >= 11 is 6.13. The van der Waals surface area contributed by atoms with Gasteiger partial charge in [-0.1, -0.05) is 18.5 Å². The topological polar surface area (TPSA) is 34.2 Å². The fourth-order valence-corrected chi connectivity index (χ4v) is 1.80. The lowest BCUT2D eigenvalue weighted by Crippen LogP contribution is -2.14. The van der Waals surface area contributed by atoms with Crippen molar-refractivity contribution in [2.24, 2.45) is 5.92 Å². The third-order valence-corrected chi connectivity index (χ3v) is 3.04. The van der Waals surface area contributed by atoms with Crippen LogP contribution in [0.15, 0.2) is 12.3 Å². The minimum absolute atomic E-state index is 0.567. The summed E-state index contributed by atoms with van der Waals surface area (Å²) in [6.07, 6.45) is 5.51. The second-order valence-corrected chi connectivity index (χ2v) is 4.97. The predicted octanol–water partition coefficient (Wildman–Crippen LogP) is 3.02. The van der Waals surface area contributed by atoms with Gasteiger partial charge in [-0.25, -0.2) is 4.98 Å². The molecule has 94 valence electrons. The van der Waals surface area contributed by atoms with Gasteiger partial charge in [-0.15, -0.1) is 0 Å². The number of rotatable bonds is 7. The smallest absolute Gasteiger partial charge is 0.232 e. The molecule has 0 amide bonds. The van der Waals surface area contributed by atoms with Crippen molar-refractivity contribution in [2.75, 3.05) is 13.2 Å². The van der Waals surface area contributed by atoms with Crippen LogP contribution in [0.3, 0.4) is 0 Å². The molecule has 0 bridgehead atoms. The van der Waals surface area contributed by atoms with Gasteiger partial charge in [0.25, 0.3) is 0 Å². The molecule has 0 aliphatic heterocycles. The molecule has 2 rings (SSSR count). The molecule has 4 heteroatoms. The Hall–Kier alpha value is -0.800. The van der Waals surface area contributed by atoms with Crippen LogP contribution in [-0.2, 0) is 6.54 Å². The van der Waals surface area contributed by atoms with E-state index >= 15 is 0 Å². The predicted molar refractivity (Wildman–Crippen MR) is 69.5 cm³/mol. The van der Waals surface area contributed by atoms with Crippen LogP contribution < -0.4 is 10.1 Å². The van der Waals surface area contributed by atoms with E-state index in [0.717, 1.165) is 37.6 Å². The lowest BCUT2D eigenvalue weighted by Gasteiger charge is -2.08. The molecule has 1 aliphatic rings. The van der Waals surface area contributed by atoms with E-state index in [4.69, 9.17) is 16.3 Å². The van der Waals surface area contributed by atoms with Crippen molar-refractivity contribution in [3.05, 3.63) is 22.8 Å². The Morgan fingerprint density at radius 1 is 1.53 bits per heavy atom. The summed E-state index contributed by atoms with van der Waals surface area (Å²) in [4.78, 5) is 4.26. The average molecular weight is 255 g/mol.